The minimum atomic E-state index is -0.576. The second-order valence-electron chi connectivity index (χ2n) is 13.3. The molecule has 0 bridgehead atoms. The molecule has 0 amide bonds. The minimum Gasteiger partial charge on any atom is -0.459 e. The number of esters is 3. The van der Waals surface area contributed by atoms with E-state index < -0.39 is 16.8 Å². The molecule has 1 heterocycles. The Morgan fingerprint density at radius 2 is 1.10 bits per heavy atom. The van der Waals surface area contributed by atoms with Crippen molar-refractivity contribution in [1.82, 2.24) is 20.0 Å². The average molecular weight is 557 g/mol. The van der Waals surface area contributed by atoms with Crippen molar-refractivity contribution in [3.63, 3.8) is 0 Å². The van der Waals surface area contributed by atoms with Gasteiger partial charge in [-0.2, -0.15) is 0 Å². The fourth-order valence-corrected chi connectivity index (χ4v) is 4.31. The highest BCUT2D eigenvalue weighted by Crippen LogP contribution is 2.16. The van der Waals surface area contributed by atoms with Gasteiger partial charge >= 0.3 is 17.9 Å². The van der Waals surface area contributed by atoms with Crippen LogP contribution in [-0.4, -0.2) is 121 Å². The van der Waals surface area contributed by atoms with Crippen molar-refractivity contribution in [2.24, 2.45) is 0 Å². The highest BCUT2D eigenvalue weighted by atomic mass is 16.6. The molecule has 0 aromatic rings. The Hall–Kier alpha value is -1.75. The number of hydrogen-bond acceptors (Lipinski definition) is 10. The SMILES string of the molecule is CCC[C@H](C(=O)OC(C)(C)C)N1CCNCCN(CC(=O)OC(C)(C)C)CCN(CC(=O)OC(C)(C)C)CC1. The molecule has 0 aromatic heterocycles. The van der Waals surface area contributed by atoms with Crippen LogP contribution in [0.15, 0.2) is 0 Å². The van der Waals surface area contributed by atoms with E-state index in [0.717, 1.165) is 6.42 Å². The van der Waals surface area contributed by atoms with Crippen LogP contribution in [0.3, 0.4) is 0 Å². The van der Waals surface area contributed by atoms with Gasteiger partial charge in [0.15, 0.2) is 0 Å². The first-order chi connectivity index (χ1) is 17.9. The molecule has 0 radical (unpaired) electrons. The van der Waals surface area contributed by atoms with Gasteiger partial charge in [0.25, 0.3) is 0 Å². The Balaban J connectivity index is 3.08. The first-order valence-corrected chi connectivity index (χ1v) is 14.4. The summed E-state index contributed by atoms with van der Waals surface area (Å²) < 4.78 is 16.9. The minimum absolute atomic E-state index is 0.133. The fourth-order valence-electron chi connectivity index (χ4n) is 4.31. The quantitative estimate of drug-likeness (QED) is 0.355. The summed E-state index contributed by atoms with van der Waals surface area (Å²) in [6.07, 6.45) is 1.56. The normalized spacial score (nSPS) is 18.9. The van der Waals surface area contributed by atoms with Gasteiger partial charge < -0.3 is 19.5 Å². The zero-order valence-electron chi connectivity index (χ0n) is 26.4. The van der Waals surface area contributed by atoms with Crippen molar-refractivity contribution in [1.29, 1.82) is 0 Å². The second kappa shape index (κ2) is 15.9. The van der Waals surface area contributed by atoms with Gasteiger partial charge in [0.2, 0.25) is 0 Å². The molecule has 0 aliphatic carbocycles. The number of carbonyl (C=O) groups is 3. The topological polar surface area (TPSA) is 101 Å². The maximum atomic E-state index is 13.2. The van der Waals surface area contributed by atoms with E-state index in [1.165, 1.54) is 0 Å². The number of nitrogens with zero attached hydrogens (tertiary/aromatic N) is 3. The maximum Gasteiger partial charge on any atom is 0.323 e. The largest absolute Gasteiger partial charge is 0.459 e. The van der Waals surface area contributed by atoms with Gasteiger partial charge in [-0.1, -0.05) is 13.3 Å². The second-order valence-corrected chi connectivity index (χ2v) is 13.3. The predicted molar refractivity (Wildman–Crippen MR) is 154 cm³/mol. The third-order valence-electron chi connectivity index (χ3n) is 5.84. The van der Waals surface area contributed by atoms with Gasteiger partial charge in [0, 0.05) is 52.4 Å². The zero-order valence-corrected chi connectivity index (χ0v) is 26.4. The molecule has 228 valence electrons. The van der Waals surface area contributed by atoms with Gasteiger partial charge in [0.1, 0.15) is 22.8 Å². The Bertz CT molecular complexity index is 769. The third-order valence-corrected chi connectivity index (χ3v) is 5.84. The molecule has 1 saturated heterocycles. The average Bonchev–Trinajstić information content (AvgIpc) is 2.72. The van der Waals surface area contributed by atoms with Crippen LogP contribution in [0.2, 0.25) is 0 Å². The van der Waals surface area contributed by atoms with E-state index >= 15 is 0 Å². The predicted octanol–water partition coefficient (Wildman–Crippen LogP) is 2.69. The molecule has 1 aliphatic rings. The van der Waals surface area contributed by atoms with Crippen molar-refractivity contribution in [2.45, 2.75) is 105 Å². The van der Waals surface area contributed by atoms with E-state index in [-0.39, 0.29) is 37.0 Å². The molecule has 1 rings (SSSR count). The van der Waals surface area contributed by atoms with Gasteiger partial charge in [-0.05, 0) is 68.7 Å². The summed E-state index contributed by atoms with van der Waals surface area (Å²) in [6.45, 7) is 24.2. The molecule has 39 heavy (non-hydrogen) atoms. The summed E-state index contributed by atoms with van der Waals surface area (Å²) in [5, 5.41) is 3.46. The van der Waals surface area contributed by atoms with Crippen LogP contribution in [-0.2, 0) is 28.6 Å². The van der Waals surface area contributed by atoms with E-state index in [1.807, 2.05) is 62.3 Å². The molecule has 0 unspecified atom stereocenters. The number of nitrogens with one attached hydrogen (secondary N) is 1. The van der Waals surface area contributed by atoms with Crippen molar-refractivity contribution in [2.75, 3.05) is 65.4 Å². The number of ether oxygens (including phenoxy) is 3. The molecule has 10 nitrogen and oxygen atoms in total. The van der Waals surface area contributed by atoms with Gasteiger partial charge in [-0.15, -0.1) is 0 Å². The van der Waals surface area contributed by atoms with Crippen LogP contribution in [0.1, 0.15) is 82.1 Å². The van der Waals surface area contributed by atoms with Crippen molar-refractivity contribution < 1.29 is 28.6 Å². The molecular weight excluding hydrogens is 500 g/mol. The maximum absolute atomic E-state index is 13.2. The van der Waals surface area contributed by atoms with E-state index in [2.05, 4.69) is 26.9 Å². The molecule has 10 heteroatoms. The first kappa shape index (κ1) is 35.3. The van der Waals surface area contributed by atoms with Crippen LogP contribution in [0.5, 0.6) is 0 Å². The van der Waals surface area contributed by atoms with Crippen LogP contribution >= 0.6 is 0 Å². The molecule has 1 aliphatic heterocycles. The summed E-state index contributed by atoms with van der Waals surface area (Å²) in [5.41, 5.74) is -1.68. The molecule has 0 aromatic carbocycles. The van der Waals surface area contributed by atoms with Gasteiger partial charge in [-0.25, -0.2) is 0 Å². The number of rotatable bonds is 8. The number of hydrogen-bond donors (Lipinski definition) is 1. The Morgan fingerprint density at radius 3 is 1.56 bits per heavy atom. The van der Waals surface area contributed by atoms with Crippen LogP contribution < -0.4 is 5.32 Å². The summed E-state index contributed by atoms with van der Waals surface area (Å²) in [7, 11) is 0. The van der Waals surface area contributed by atoms with Crippen molar-refractivity contribution in [3.05, 3.63) is 0 Å². The smallest absolute Gasteiger partial charge is 0.323 e. The molecule has 1 atom stereocenters. The summed E-state index contributed by atoms with van der Waals surface area (Å²) in [4.78, 5) is 44.7. The van der Waals surface area contributed by atoms with Gasteiger partial charge in [-0.3, -0.25) is 29.1 Å². The summed E-state index contributed by atoms with van der Waals surface area (Å²) >= 11 is 0. The summed E-state index contributed by atoms with van der Waals surface area (Å²) in [6, 6.07) is -0.356. The zero-order chi connectivity index (χ0) is 29.9. The molecule has 1 N–H and O–H groups in total. The molecular formula is C29H56N4O6. The van der Waals surface area contributed by atoms with Crippen LogP contribution in [0.25, 0.3) is 0 Å². The lowest BCUT2D eigenvalue weighted by molar-refractivity contribution is -0.162. The Kier molecular flexibility index (Phi) is 14.4. The summed E-state index contributed by atoms with van der Waals surface area (Å²) in [5.74, 6) is -0.767. The van der Waals surface area contributed by atoms with Crippen molar-refractivity contribution in [3.8, 4) is 0 Å². The lowest BCUT2D eigenvalue weighted by Crippen LogP contribution is -2.52. The Morgan fingerprint density at radius 1 is 0.667 bits per heavy atom. The molecule has 0 spiro atoms. The monoisotopic (exact) mass is 556 g/mol. The van der Waals surface area contributed by atoms with Crippen LogP contribution in [0.4, 0.5) is 0 Å². The van der Waals surface area contributed by atoms with E-state index in [0.29, 0.717) is 58.8 Å². The Labute approximate surface area is 237 Å². The van der Waals surface area contributed by atoms with Crippen LogP contribution in [0, 0.1) is 0 Å². The first-order valence-electron chi connectivity index (χ1n) is 14.4. The number of carbonyl (C=O) groups excluding carboxylic acids is 3. The standard InChI is InChI=1S/C29H56N4O6/c1-11-12-23(26(36)39-29(8,9)10)33-16-14-30-13-15-31(21-24(34)37-27(2,3)4)17-18-32(19-20-33)22-25(35)38-28(5,6)7/h23,30H,11-22H2,1-10H3/t23-/m1/s1. The van der Waals surface area contributed by atoms with E-state index in [9.17, 15) is 14.4 Å². The molecule has 1 fully saturated rings. The third kappa shape index (κ3) is 16.8. The molecule has 0 saturated carbocycles. The lowest BCUT2D eigenvalue weighted by atomic mass is 10.1. The van der Waals surface area contributed by atoms with Gasteiger partial charge in [0.05, 0.1) is 13.1 Å². The fraction of sp³-hybridized carbons (Fsp3) is 0.897. The van der Waals surface area contributed by atoms with E-state index in [1.54, 1.807) is 0 Å². The highest BCUT2D eigenvalue weighted by molar-refractivity contribution is 5.76. The lowest BCUT2D eigenvalue weighted by Gasteiger charge is -2.35. The van der Waals surface area contributed by atoms with Crippen molar-refractivity contribution >= 4 is 17.9 Å². The highest BCUT2D eigenvalue weighted by Gasteiger charge is 2.31. The van der Waals surface area contributed by atoms with E-state index in [4.69, 9.17) is 14.2 Å².